The summed E-state index contributed by atoms with van der Waals surface area (Å²) in [5.74, 6) is -52.5. The number of rotatable bonds is 11. The molecule has 37 heteroatoms. The molecule has 8 N–H and O–H groups in total. The van der Waals surface area contributed by atoms with Crippen LogP contribution < -0.4 is 18.6 Å². The lowest BCUT2D eigenvalue weighted by atomic mass is 9.93. The van der Waals surface area contributed by atoms with Crippen molar-refractivity contribution >= 4 is 51.9 Å². The fraction of sp³-hybridized carbons (Fsp3) is 0.100. The third-order valence-electron chi connectivity index (χ3n) is 8.60. The SMILES string of the molecule is Cc1ccc(CC(C)(I)c2ccccc2)cc1.OB(O)Oc1c(F)c(F)c(F)c(F)c1F.OB(O)Oc1c(F)c(F)c(F)c(F)c1F.OB(O)Oc1c(F)c(F)c(F)c(F)c1F.OB(O)Oc1c(F)c(F)c(F)c(F)c1F. The van der Waals surface area contributed by atoms with Gasteiger partial charge in [-0.05, 0) is 31.4 Å². The van der Waals surface area contributed by atoms with Gasteiger partial charge in [0.05, 0.1) is 0 Å². The van der Waals surface area contributed by atoms with Crippen molar-refractivity contribution in [1.29, 1.82) is 0 Å². The summed E-state index contributed by atoms with van der Waals surface area (Å²) in [6.45, 7) is 4.42. The van der Waals surface area contributed by atoms with Crippen molar-refractivity contribution in [2.45, 2.75) is 23.7 Å². The number of alkyl halides is 1. The van der Waals surface area contributed by atoms with Crippen LogP contribution in [0.5, 0.6) is 23.0 Å². The van der Waals surface area contributed by atoms with Crippen molar-refractivity contribution in [3.63, 3.8) is 0 Å². The molecular weight excluding hydrogens is 1220 g/mol. The fourth-order valence-electron chi connectivity index (χ4n) is 5.15. The highest BCUT2D eigenvalue weighted by Gasteiger charge is 2.33. The second-order valence-electron chi connectivity index (χ2n) is 14.1. The first-order chi connectivity index (χ1) is 35.5. The molecule has 6 rings (SSSR count). The smallest absolute Gasteiger partial charge is 0.507 e. The van der Waals surface area contributed by atoms with Gasteiger partial charge in [0, 0.05) is 3.42 Å². The first-order valence-electron chi connectivity index (χ1n) is 19.5. The Bertz CT molecular complexity index is 2580. The van der Waals surface area contributed by atoms with E-state index in [1.807, 2.05) is 0 Å². The summed E-state index contributed by atoms with van der Waals surface area (Å²) in [5.41, 5.74) is 4.11. The van der Waals surface area contributed by atoms with E-state index in [-0.39, 0.29) is 3.42 Å². The van der Waals surface area contributed by atoms with Crippen molar-refractivity contribution < 1.29 is 147 Å². The quantitative estimate of drug-likeness (QED) is 0.0157. The second kappa shape index (κ2) is 29.0. The van der Waals surface area contributed by atoms with E-state index in [2.05, 4.69) is 110 Å². The maximum atomic E-state index is 12.7. The molecule has 12 nitrogen and oxygen atoms in total. The average molecular weight is 1250 g/mol. The van der Waals surface area contributed by atoms with Crippen LogP contribution in [0.25, 0.3) is 0 Å². The van der Waals surface area contributed by atoms with Crippen LogP contribution in [0.4, 0.5) is 87.8 Å². The highest BCUT2D eigenvalue weighted by Crippen LogP contribution is 2.36. The van der Waals surface area contributed by atoms with Gasteiger partial charge in [-0.1, -0.05) is 82.8 Å². The molecule has 0 aliphatic rings. The Kier molecular flexibility index (Phi) is 25.2. The first-order valence-corrected chi connectivity index (χ1v) is 20.6. The molecule has 6 aromatic carbocycles. The molecule has 0 fully saturated rings. The predicted octanol–water partition coefficient (Wildman–Crippen LogP) is 7.81. The van der Waals surface area contributed by atoms with E-state index in [9.17, 15) is 87.8 Å². The molecule has 77 heavy (non-hydrogen) atoms. The van der Waals surface area contributed by atoms with Gasteiger partial charge in [0.15, 0.2) is 23.0 Å². The van der Waals surface area contributed by atoms with Gasteiger partial charge in [-0.25, -0.2) is 52.7 Å². The first kappa shape index (κ1) is 66.9. The largest absolute Gasteiger partial charge is 0.707 e. The second-order valence-corrected chi connectivity index (χ2v) is 16.5. The maximum Gasteiger partial charge on any atom is 0.707 e. The lowest BCUT2D eigenvalue weighted by Crippen LogP contribution is -2.23. The number of halogens is 21. The third-order valence-corrected chi connectivity index (χ3v) is 9.61. The minimum Gasteiger partial charge on any atom is -0.507 e. The summed E-state index contributed by atoms with van der Waals surface area (Å²) in [7, 11) is -10.8. The molecule has 0 radical (unpaired) electrons. The Morgan fingerprint density at radius 2 is 0.532 bits per heavy atom. The van der Waals surface area contributed by atoms with Gasteiger partial charge >= 0.3 is 29.3 Å². The van der Waals surface area contributed by atoms with E-state index in [0.717, 1.165) is 6.42 Å². The molecule has 1 atom stereocenters. The van der Waals surface area contributed by atoms with Gasteiger partial charge in [0.2, 0.25) is 116 Å². The Hall–Kier alpha value is -6.21. The van der Waals surface area contributed by atoms with Gasteiger partial charge in [-0.3, -0.25) is 0 Å². The highest BCUT2D eigenvalue weighted by molar-refractivity contribution is 14.1. The van der Waals surface area contributed by atoms with Crippen LogP contribution in [-0.2, 0) is 9.84 Å². The molecule has 0 bridgehead atoms. The fourth-order valence-corrected chi connectivity index (χ4v) is 5.95. The van der Waals surface area contributed by atoms with Crippen LogP contribution in [0.1, 0.15) is 23.6 Å². The minimum atomic E-state index is -2.70. The van der Waals surface area contributed by atoms with Gasteiger partial charge in [-0.15, -0.1) is 0 Å². The summed E-state index contributed by atoms with van der Waals surface area (Å²) < 4.78 is 265. The van der Waals surface area contributed by atoms with Gasteiger partial charge in [-0.2, -0.15) is 35.1 Å². The zero-order valence-corrected chi connectivity index (χ0v) is 39.5. The standard InChI is InChI=1S/C16H17I.4C6H2BF5O3/c1-13-8-10-14(11-9-13)12-16(2,17)15-6-4-3-5-7-15;4*8-1-2(9)4(11)6(15-7(13)14)5(12)3(1)10/h3-11H,12H2,1-2H3;4*13-14H. The summed E-state index contributed by atoms with van der Waals surface area (Å²) >= 11 is 2.55. The molecule has 0 saturated heterocycles. The molecule has 0 aliphatic heterocycles. The normalized spacial score (nSPS) is 11.2. The minimum absolute atomic E-state index is 0.161. The van der Waals surface area contributed by atoms with E-state index in [1.54, 1.807) is 0 Å². The molecule has 0 aliphatic carbocycles. The van der Waals surface area contributed by atoms with Crippen LogP contribution in [0.15, 0.2) is 54.6 Å². The van der Waals surface area contributed by atoms with Crippen LogP contribution >= 0.6 is 22.6 Å². The summed E-state index contributed by atoms with van der Waals surface area (Å²) in [4.78, 5) is 0. The van der Waals surface area contributed by atoms with Crippen molar-refractivity contribution in [2.24, 2.45) is 0 Å². The van der Waals surface area contributed by atoms with Crippen LogP contribution in [-0.4, -0.2) is 69.5 Å². The van der Waals surface area contributed by atoms with Gasteiger partial charge in [0.25, 0.3) is 0 Å². The number of aryl methyl sites for hydroxylation is 1. The van der Waals surface area contributed by atoms with Crippen molar-refractivity contribution in [1.82, 2.24) is 0 Å². The lowest BCUT2D eigenvalue weighted by molar-refractivity contribution is 0.262. The third kappa shape index (κ3) is 17.7. The van der Waals surface area contributed by atoms with E-state index in [1.165, 1.54) is 16.7 Å². The summed E-state index contributed by atoms with van der Waals surface area (Å²) in [5, 5.41) is 65.3. The maximum absolute atomic E-state index is 12.7. The van der Waals surface area contributed by atoms with Crippen molar-refractivity contribution in [3.8, 4) is 23.0 Å². The number of hydrogen-bond acceptors (Lipinski definition) is 12. The lowest BCUT2D eigenvalue weighted by Gasteiger charge is -2.23. The molecule has 1 unspecified atom stereocenters. The molecule has 416 valence electrons. The predicted molar refractivity (Wildman–Crippen MR) is 231 cm³/mol. The Morgan fingerprint density at radius 3 is 0.727 bits per heavy atom. The molecular formula is C40H25B4F20IO12. The van der Waals surface area contributed by atoms with Crippen LogP contribution in [0.2, 0.25) is 0 Å². The van der Waals surface area contributed by atoms with E-state index in [0.29, 0.717) is 0 Å². The molecule has 0 aromatic heterocycles. The monoisotopic (exact) mass is 1250 g/mol. The zero-order chi connectivity index (χ0) is 59.3. The molecule has 0 amide bonds. The number of benzene rings is 6. The van der Waals surface area contributed by atoms with Crippen molar-refractivity contribution in [2.75, 3.05) is 0 Å². The Labute approximate surface area is 431 Å². The summed E-state index contributed by atoms with van der Waals surface area (Å²) in [6.07, 6.45) is 1.07. The highest BCUT2D eigenvalue weighted by atomic mass is 127. The Morgan fingerprint density at radius 1 is 0.338 bits per heavy atom. The van der Waals surface area contributed by atoms with E-state index in [4.69, 9.17) is 40.2 Å². The molecule has 0 spiro atoms. The van der Waals surface area contributed by atoms with Gasteiger partial charge in [0.1, 0.15) is 0 Å². The topological polar surface area (TPSA) is 199 Å². The van der Waals surface area contributed by atoms with Gasteiger partial charge < -0.3 is 58.8 Å². The molecule has 0 saturated carbocycles. The molecule has 6 aromatic rings. The zero-order valence-electron chi connectivity index (χ0n) is 37.4. The summed E-state index contributed by atoms with van der Waals surface area (Å²) in [6, 6.07) is 19.6. The van der Waals surface area contributed by atoms with E-state index < -0.39 is 169 Å². The Balaban J connectivity index is 0.000000330. The number of hydrogen-bond donors (Lipinski definition) is 8. The average Bonchev–Trinajstić information content (AvgIpc) is 3.38. The van der Waals surface area contributed by atoms with Crippen LogP contribution in [0, 0.1) is 123 Å². The van der Waals surface area contributed by atoms with E-state index >= 15 is 0 Å². The molecule has 0 heterocycles. The van der Waals surface area contributed by atoms with Crippen molar-refractivity contribution in [3.05, 3.63) is 188 Å². The van der Waals surface area contributed by atoms with Crippen LogP contribution in [0.3, 0.4) is 0 Å².